The Bertz CT molecular complexity index is 3050. The number of ether oxygens (including phenoxy) is 2. The first-order valence-electron chi connectivity index (χ1n) is 24.4. The summed E-state index contributed by atoms with van der Waals surface area (Å²) in [5, 5.41) is 38.4. The fourth-order valence-electron chi connectivity index (χ4n) is 8.37. The zero-order chi connectivity index (χ0) is 57.3. The number of amides is 5. The number of carboxylic acid groups (broad SMARTS) is 1. The summed E-state index contributed by atoms with van der Waals surface area (Å²) in [5.41, 5.74) is 0.717. The van der Waals surface area contributed by atoms with Crippen molar-refractivity contribution in [2.75, 3.05) is 98.1 Å². The van der Waals surface area contributed by atoms with Gasteiger partial charge in [0.05, 0.1) is 69.9 Å². The fourth-order valence-corrected chi connectivity index (χ4v) is 8.37. The molecule has 8 rings (SSSR count). The molecule has 25 nitrogen and oxygen atoms in total. The molecule has 27 heteroatoms. The number of piperazine rings is 2. The molecule has 79 heavy (non-hydrogen) atoms. The summed E-state index contributed by atoms with van der Waals surface area (Å²) < 4.78 is 39.9. The molecule has 2 atom stereocenters. The number of hydrogen-bond acceptors (Lipinski definition) is 17. The molecular weight excluding hydrogens is 1040 g/mol. The summed E-state index contributed by atoms with van der Waals surface area (Å²) in [6.45, 7) is 7.98. The van der Waals surface area contributed by atoms with Crippen LogP contribution in [0.1, 0.15) is 34.6 Å². The number of carbonyl (C=O) groups excluding carboxylic acids is 7. The summed E-state index contributed by atoms with van der Waals surface area (Å²) >= 11 is 0. The number of allylic oxidation sites excluding steroid dienone is 2. The van der Waals surface area contributed by atoms with Crippen LogP contribution in [-0.2, 0) is 28.7 Å². The highest BCUT2D eigenvalue weighted by molar-refractivity contribution is 6.10. The Kier molecular flexibility index (Phi) is 20.3. The van der Waals surface area contributed by atoms with Gasteiger partial charge in [-0.15, -0.1) is 0 Å². The Morgan fingerprint density at radius 1 is 0.633 bits per heavy atom. The Balaban J connectivity index is 0.000000213. The van der Waals surface area contributed by atoms with Crippen LogP contribution in [0, 0.1) is 31.9 Å². The molecule has 4 N–H and O–H groups in total. The molecule has 5 amide bonds. The van der Waals surface area contributed by atoms with E-state index in [1.165, 1.54) is 89.2 Å². The van der Waals surface area contributed by atoms with Gasteiger partial charge >= 0.3 is 18.2 Å². The molecule has 4 saturated heterocycles. The first-order valence-corrected chi connectivity index (χ1v) is 24.4. The van der Waals surface area contributed by atoms with Crippen molar-refractivity contribution in [2.45, 2.75) is 26.1 Å². The minimum Gasteiger partial charge on any atom is -0.478 e. The molecule has 4 heterocycles. The number of aliphatic carboxylic acids is 1. The highest BCUT2D eigenvalue weighted by atomic mass is 19.1. The lowest BCUT2D eigenvalue weighted by Crippen LogP contribution is -2.48. The Morgan fingerprint density at radius 3 is 1.46 bits per heavy atom. The minimum atomic E-state index is -1.29. The number of hydrogen-bond donors (Lipinski definition) is 4. The summed E-state index contributed by atoms with van der Waals surface area (Å²) in [6.07, 6.45) is 1.39. The van der Waals surface area contributed by atoms with E-state index in [-0.39, 0.29) is 79.4 Å². The van der Waals surface area contributed by atoms with Gasteiger partial charge in [-0.1, -0.05) is 24.3 Å². The average Bonchev–Trinajstić information content (AvgIpc) is 4.04. The van der Waals surface area contributed by atoms with Gasteiger partial charge in [0.15, 0.2) is 11.6 Å². The summed E-state index contributed by atoms with van der Waals surface area (Å²) in [4.78, 5) is 121. The number of halogens is 2. The zero-order valence-corrected chi connectivity index (χ0v) is 42.6. The number of benzene rings is 4. The number of nitro groups is 2. The maximum absolute atomic E-state index is 15.0. The SMILES string of the molecule is CC(=O)NC[C@H]1CN(c2ccc(N3CCN(C(=O)/C=C/C(=O)c4ccccc4[N+](=O)[O-])CC3)c(F)c2)C(=O)O1.CC(=O)NC[C@H]1CN(c2ccc(N3CCNCC3)c(F)c2)C(=O)O1.O=C(O)/C=C/C(=O)c1ccccc1[N+](=O)[O-]. The number of nitro benzene ring substituents is 2. The van der Waals surface area contributed by atoms with Crippen LogP contribution in [0.25, 0.3) is 0 Å². The van der Waals surface area contributed by atoms with E-state index >= 15 is 4.39 Å². The quantitative estimate of drug-likeness (QED) is 0.0523. The van der Waals surface area contributed by atoms with E-state index in [1.807, 2.05) is 4.90 Å². The van der Waals surface area contributed by atoms with E-state index in [2.05, 4.69) is 16.0 Å². The van der Waals surface area contributed by atoms with Crippen molar-refractivity contribution >= 4 is 81.6 Å². The molecule has 0 saturated carbocycles. The molecule has 0 unspecified atom stereocenters. The maximum Gasteiger partial charge on any atom is 0.414 e. The number of para-hydroxylation sites is 2. The number of nitrogens with one attached hydrogen (secondary N) is 3. The average molecular weight is 1100 g/mol. The largest absolute Gasteiger partial charge is 0.478 e. The first kappa shape index (κ1) is 58.6. The number of cyclic esters (lactones) is 2. The molecule has 0 radical (unpaired) electrons. The molecule has 0 bridgehead atoms. The van der Waals surface area contributed by atoms with E-state index < -0.39 is 63.5 Å². The van der Waals surface area contributed by atoms with Crippen LogP contribution in [0.4, 0.5) is 52.5 Å². The molecule has 4 aromatic rings. The number of carbonyl (C=O) groups is 8. The normalized spacial score (nSPS) is 17.0. The van der Waals surface area contributed by atoms with Crippen molar-refractivity contribution in [1.29, 1.82) is 0 Å². The van der Waals surface area contributed by atoms with Gasteiger partial charge in [0.1, 0.15) is 23.8 Å². The molecule has 4 fully saturated rings. The Morgan fingerprint density at radius 2 is 1.05 bits per heavy atom. The van der Waals surface area contributed by atoms with Crippen LogP contribution in [0.5, 0.6) is 0 Å². The summed E-state index contributed by atoms with van der Waals surface area (Å²) in [5.74, 6) is -4.41. The van der Waals surface area contributed by atoms with Crippen LogP contribution in [0.2, 0.25) is 0 Å². The summed E-state index contributed by atoms with van der Waals surface area (Å²) in [6, 6.07) is 20.0. The van der Waals surface area contributed by atoms with Gasteiger partial charge in [0.25, 0.3) is 11.4 Å². The fraction of sp³-hybridized carbons (Fsp3) is 0.308. The van der Waals surface area contributed by atoms with Crippen LogP contribution in [0.15, 0.2) is 109 Å². The van der Waals surface area contributed by atoms with Crippen molar-refractivity contribution in [1.82, 2.24) is 20.9 Å². The van der Waals surface area contributed by atoms with Gasteiger partial charge in [-0.05, 0) is 60.7 Å². The highest BCUT2D eigenvalue weighted by Crippen LogP contribution is 2.30. The number of nitrogens with zero attached hydrogens (tertiary/aromatic N) is 7. The predicted molar refractivity (Wildman–Crippen MR) is 280 cm³/mol. The lowest BCUT2D eigenvalue weighted by atomic mass is 10.1. The van der Waals surface area contributed by atoms with E-state index in [4.69, 9.17) is 14.6 Å². The van der Waals surface area contributed by atoms with Crippen LogP contribution in [-0.4, -0.2) is 158 Å². The molecule has 416 valence electrons. The van der Waals surface area contributed by atoms with Crippen molar-refractivity contribution in [3.05, 3.63) is 152 Å². The third-order valence-corrected chi connectivity index (χ3v) is 12.3. The maximum atomic E-state index is 15.0. The van der Waals surface area contributed by atoms with E-state index in [1.54, 1.807) is 29.2 Å². The predicted octanol–water partition coefficient (Wildman–Crippen LogP) is 4.40. The lowest BCUT2D eigenvalue weighted by Gasteiger charge is -2.36. The third kappa shape index (κ3) is 16.2. The van der Waals surface area contributed by atoms with Gasteiger partial charge in [-0.25, -0.2) is 23.2 Å². The Hall–Kier alpha value is -9.66. The molecular formula is C52H54F2N10O15. The number of carboxylic acids is 1. The monoisotopic (exact) mass is 1100 g/mol. The second kappa shape index (κ2) is 27.4. The third-order valence-electron chi connectivity index (χ3n) is 12.3. The number of anilines is 4. The second-order valence-electron chi connectivity index (χ2n) is 17.7. The highest BCUT2D eigenvalue weighted by Gasteiger charge is 2.35. The molecule has 0 aromatic heterocycles. The molecule has 0 spiro atoms. The number of ketones is 2. The van der Waals surface area contributed by atoms with Crippen molar-refractivity contribution in [3.63, 3.8) is 0 Å². The molecule has 0 aliphatic carbocycles. The Labute approximate surface area is 449 Å². The van der Waals surface area contributed by atoms with E-state index in [0.29, 0.717) is 41.9 Å². The lowest BCUT2D eigenvalue weighted by molar-refractivity contribution is -0.385. The minimum absolute atomic E-state index is 0.110. The van der Waals surface area contributed by atoms with Crippen LogP contribution < -0.4 is 35.6 Å². The van der Waals surface area contributed by atoms with Crippen LogP contribution >= 0.6 is 0 Å². The topological polar surface area (TPSA) is 314 Å². The summed E-state index contributed by atoms with van der Waals surface area (Å²) in [7, 11) is 0. The second-order valence-corrected chi connectivity index (χ2v) is 17.7. The van der Waals surface area contributed by atoms with Crippen molar-refractivity contribution in [2.24, 2.45) is 0 Å². The van der Waals surface area contributed by atoms with Crippen molar-refractivity contribution in [3.8, 4) is 0 Å². The van der Waals surface area contributed by atoms with E-state index in [9.17, 15) is 63.0 Å². The van der Waals surface area contributed by atoms with E-state index in [0.717, 1.165) is 44.4 Å². The zero-order valence-electron chi connectivity index (χ0n) is 42.6. The van der Waals surface area contributed by atoms with Gasteiger partial charge in [-0.3, -0.25) is 54.0 Å². The molecule has 4 aromatic carbocycles. The standard InChI is InChI=1S/C26H26FN5O7.C16H21FN4O3.C10H7NO5/c1-17(33)28-15-19-16-31(26(36)39-19)18-6-7-23(21(27)14-18)29-10-12-30(13-11-29)25(35)9-8-24(34)20-4-2-3-5-22(20)32(37)38;1-11(22)19-9-13-10-21(16(23)24-13)12-2-3-15(14(17)8-12)20-6-4-18-5-7-20;12-9(5-6-10(13)14)7-3-1-2-4-8(7)11(15)16/h2-9,14,19H,10-13,15-16H2,1H3,(H,28,33);2-3,8,13,18H,4-7,9-10H2,1H3,(H,19,22);1-6H,(H,13,14)/b9-8+;;6-5+/t19-;13-;/m00./s1. The van der Waals surface area contributed by atoms with Gasteiger partial charge in [0.2, 0.25) is 17.7 Å². The molecule has 4 aliphatic rings. The van der Waals surface area contributed by atoms with Crippen molar-refractivity contribution < 1.29 is 71.6 Å². The van der Waals surface area contributed by atoms with Gasteiger partial charge in [-0.2, -0.15) is 0 Å². The molecule has 4 aliphatic heterocycles. The first-order chi connectivity index (χ1) is 37.7. The van der Waals surface area contributed by atoms with Crippen LogP contribution in [0.3, 0.4) is 0 Å². The smallest absolute Gasteiger partial charge is 0.414 e. The van der Waals surface area contributed by atoms with Gasteiger partial charge < -0.3 is 45.2 Å². The number of rotatable bonds is 16. The van der Waals surface area contributed by atoms with Gasteiger partial charge in [0, 0.05) is 90.5 Å².